The van der Waals surface area contributed by atoms with Gasteiger partial charge in [-0.15, -0.1) is 0 Å². The predicted molar refractivity (Wildman–Crippen MR) is 67.9 cm³/mol. The first-order chi connectivity index (χ1) is 7.97. The molecular weight excluding hydrogens is 238 g/mol. The third-order valence-corrected chi connectivity index (χ3v) is 4.38. The van der Waals surface area contributed by atoms with Crippen LogP contribution in [-0.2, 0) is 10.0 Å². The summed E-state index contributed by atoms with van der Waals surface area (Å²) < 4.78 is 25.2. The molecule has 0 spiro atoms. The zero-order valence-electron chi connectivity index (χ0n) is 10.2. The maximum Gasteiger partial charge on any atom is 0.215 e. The van der Waals surface area contributed by atoms with E-state index in [-0.39, 0.29) is 5.75 Å². The molecule has 96 valence electrons. The second-order valence-electron chi connectivity index (χ2n) is 3.96. The minimum atomic E-state index is -3.30. The molecule has 0 aliphatic carbocycles. The normalized spacial score (nSPS) is 13.9. The Labute approximate surface area is 103 Å². The third-order valence-electron chi connectivity index (χ3n) is 2.47. The van der Waals surface area contributed by atoms with Crippen molar-refractivity contribution in [1.29, 1.82) is 0 Å². The van der Waals surface area contributed by atoms with Gasteiger partial charge in [0.2, 0.25) is 10.0 Å². The maximum absolute atomic E-state index is 11.9. The largest absolute Gasteiger partial charge is 0.322 e. The summed E-state index contributed by atoms with van der Waals surface area (Å²) in [6.07, 6.45) is 2.39. The Kier molecular flexibility index (Phi) is 5.04. The Morgan fingerprint density at radius 2 is 2.18 bits per heavy atom. The molecule has 0 fully saturated rings. The number of pyridine rings is 1. The van der Waals surface area contributed by atoms with Crippen molar-refractivity contribution >= 4 is 10.0 Å². The monoisotopic (exact) mass is 257 g/mol. The van der Waals surface area contributed by atoms with Crippen molar-refractivity contribution in [3.05, 3.63) is 30.1 Å². The van der Waals surface area contributed by atoms with E-state index in [0.29, 0.717) is 12.2 Å². The number of nitrogens with zero attached hydrogens (tertiary/aromatic N) is 2. The maximum atomic E-state index is 11.9. The van der Waals surface area contributed by atoms with Gasteiger partial charge in [-0.25, -0.2) is 12.7 Å². The smallest absolute Gasteiger partial charge is 0.215 e. The molecule has 0 saturated carbocycles. The Bertz CT molecular complexity index is 433. The molecule has 0 bridgehead atoms. The summed E-state index contributed by atoms with van der Waals surface area (Å²) in [7, 11) is -1.73. The lowest BCUT2D eigenvalue weighted by Gasteiger charge is -2.19. The molecule has 0 amide bonds. The van der Waals surface area contributed by atoms with Crippen LogP contribution in [0.25, 0.3) is 0 Å². The zero-order valence-corrected chi connectivity index (χ0v) is 11.0. The number of nitrogens with two attached hydrogens (primary N) is 1. The SMILES string of the molecule is CCCN(C)S(=O)(=O)CC(N)c1ccccn1. The van der Waals surface area contributed by atoms with Gasteiger partial charge in [-0.2, -0.15) is 0 Å². The Balaban J connectivity index is 2.71. The lowest BCUT2D eigenvalue weighted by molar-refractivity contribution is 0.464. The lowest BCUT2D eigenvalue weighted by Crippen LogP contribution is -2.34. The summed E-state index contributed by atoms with van der Waals surface area (Å²) in [5.41, 5.74) is 6.44. The van der Waals surface area contributed by atoms with Gasteiger partial charge in [0.25, 0.3) is 0 Å². The van der Waals surface area contributed by atoms with E-state index >= 15 is 0 Å². The van der Waals surface area contributed by atoms with E-state index in [2.05, 4.69) is 4.98 Å². The topological polar surface area (TPSA) is 76.3 Å². The number of rotatable bonds is 6. The minimum Gasteiger partial charge on any atom is -0.322 e. The quantitative estimate of drug-likeness (QED) is 0.816. The average Bonchev–Trinajstić information content (AvgIpc) is 2.30. The van der Waals surface area contributed by atoms with Gasteiger partial charge >= 0.3 is 0 Å². The van der Waals surface area contributed by atoms with E-state index in [0.717, 1.165) is 6.42 Å². The number of sulfonamides is 1. The fourth-order valence-corrected chi connectivity index (χ4v) is 2.83. The molecule has 1 unspecified atom stereocenters. The first kappa shape index (κ1) is 14.1. The van der Waals surface area contributed by atoms with Gasteiger partial charge < -0.3 is 5.73 Å². The molecule has 1 atom stereocenters. The molecule has 0 aliphatic heterocycles. The van der Waals surface area contributed by atoms with E-state index < -0.39 is 16.1 Å². The summed E-state index contributed by atoms with van der Waals surface area (Å²) in [4.78, 5) is 4.06. The van der Waals surface area contributed by atoms with Gasteiger partial charge in [0.15, 0.2) is 0 Å². The highest BCUT2D eigenvalue weighted by Crippen LogP contribution is 2.11. The predicted octanol–water partition coefficient (Wildman–Crippen LogP) is 0.753. The summed E-state index contributed by atoms with van der Waals surface area (Å²) >= 11 is 0. The minimum absolute atomic E-state index is 0.111. The average molecular weight is 257 g/mol. The molecule has 1 heterocycles. The van der Waals surface area contributed by atoms with Crippen LogP contribution in [0.1, 0.15) is 25.1 Å². The van der Waals surface area contributed by atoms with Gasteiger partial charge in [0.1, 0.15) is 0 Å². The van der Waals surface area contributed by atoms with Crippen molar-refractivity contribution in [2.75, 3.05) is 19.3 Å². The van der Waals surface area contributed by atoms with Gasteiger partial charge in [-0.3, -0.25) is 4.98 Å². The third kappa shape index (κ3) is 4.07. The summed E-state index contributed by atoms with van der Waals surface area (Å²) in [6, 6.07) is 4.72. The lowest BCUT2D eigenvalue weighted by atomic mass is 10.2. The molecule has 2 N–H and O–H groups in total. The van der Waals surface area contributed by atoms with Crippen LogP contribution >= 0.6 is 0 Å². The molecule has 0 radical (unpaired) electrons. The van der Waals surface area contributed by atoms with Crippen molar-refractivity contribution in [3.63, 3.8) is 0 Å². The highest BCUT2D eigenvalue weighted by molar-refractivity contribution is 7.89. The molecule has 6 heteroatoms. The first-order valence-electron chi connectivity index (χ1n) is 5.58. The van der Waals surface area contributed by atoms with Crippen LogP contribution in [0.4, 0.5) is 0 Å². The van der Waals surface area contributed by atoms with Crippen molar-refractivity contribution in [2.24, 2.45) is 5.73 Å². The fourth-order valence-electron chi connectivity index (χ4n) is 1.49. The molecule has 1 aromatic rings. The van der Waals surface area contributed by atoms with Crippen LogP contribution in [0.3, 0.4) is 0 Å². The molecular formula is C11H19N3O2S. The van der Waals surface area contributed by atoms with E-state index in [9.17, 15) is 8.42 Å². The molecule has 0 aromatic carbocycles. The molecule has 1 aromatic heterocycles. The van der Waals surface area contributed by atoms with Crippen molar-refractivity contribution in [3.8, 4) is 0 Å². The van der Waals surface area contributed by atoms with Crippen molar-refractivity contribution < 1.29 is 8.42 Å². The number of aromatic nitrogens is 1. The molecule has 5 nitrogen and oxygen atoms in total. The summed E-state index contributed by atoms with van der Waals surface area (Å²) in [6.45, 7) is 2.45. The molecule has 17 heavy (non-hydrogen) atoms. The molecule has 1 rings (SSSR count). The van der Waals surface area contributed by atoms with Gasteiger partial charge in [-0.05, 0) is 18.6 Å². The summed E-state index contributed by atoms with van der Waals surface area (Å²) in [5, 5.41) is 0. The van der Waals surface area contributed by atoms with Crippen LogP contribution in [-0.4, -0.2) is 37.1 Å². The van der Waals surface area contributed by atoms with Crippen molar-refractivity contribution in [2.45, 2.75) is 19.4 Å². The highest BCUT2D eigenvalue weighted by atomic mass is 32.2. The van der Waals surface area contributed by atoms with Gasteiger partial charge in [-0.1, -0.05) is 13.0 Å². The molecule has 0 aliphatic rings. The second-order valence-corrected chi connectivity index (χ2v) is 6.08. The molecule has 0 saturated heterocycles. The number of hydrogen-bond acceptors (Lipinski definition) is 4. The first-order valence-corrected chi connectivity index (χ1v) is 7.19. The van der Waals surface area contributed by atoms with Crippen LogP contribution in [0.15, 0.2) is 24.4 Å². The standard InChI is InChI=1S/C11H19N3O2S/c1-3-8-14(2)17(15,16)9-10(12)11-6-4-5-7-13-11/h4-7,10H,3,8-9,12H2,1-2H3. The number of hydrogen-bond donors (Lipinski definition) is 1. The van der Waals surface area contributed by atoms with Gasteiger partial charge in [0.05, 0.1) is 17.5 Å². The Morgan fingerprint density at radius 3 is 2.71 bits per heavy atom. The van der Waals surface area contributed by atoms with E-state index in [1.807, 2.05) is 6.92 Å². The fraction of sp³-hybridized carbons (Fsp3) is 0.545. The van der Waals surface area contributed by atoms with Crippen LogP contribution < -0.4 is 5.73 Å². The van der Waals surface area contributed by atoms with Crippen LogP contribution in [0.2, 0.25) is 0 Å². The zero-order chi connectivity index (χ0) is 12.9. The van der Waals surface area contributed by atoms with Crippen LogP contribution in [0.5, 0.6) is 0 Å². The second kappa shape index (κ2) is 6.09. The Morgan fingerprint density at radius 1 is 1.47 bits per heavy atom. The summed E-state index contributed by atoms with van der Waals surface area (Å²) in [5.74, 6) is -0.111. The van der Waals surface area contributed by atoms with E-state index in [4.69, 9.17) is 5.73 Å². The Hall–Kier alpha value is -0.980. The van der Waals surface area contributed by atoms with Crippen LogP contribution in [0, 0.1) is 0 Å². The van der Waals surface area contributed by atoms with E-state index in [1.54, 1.807) is 31.4 Å². The van der Waals surface area contributed by atoms with Gasteiger partial charge in [0, 0.05) is 19.8 Å². The van der Waals surface area contributed by atoms with E-state index in [1.165, 1.54) is 4.31 Å². The van der Waals surface area contributed by atoms with Crippen molar-refractivity contribution in [1.82, 2.24) is 9.29 Å². The highest BCUT2D eigenvalue weighted by Gasteiger charge is 2.22.